The Hall–Kier alpha value is 0.354. The molecule has 0 aromatic carbocycles. The van der Waals surface area contributed by atoms with Gasteiger partial charge in [-0.3, -0.25) is 0 Å². The Morgan fingerprint density at radius 2 is 0.750 bits per heavy atom. The summed E-state index contributed by atoms with van der Waals surface area (Å²) in [5.74, 6) is 0. The maximum atomic E-state index is 2.76. The van der Waals surface area contributed by atoms with Crippen LogP contribution in [0.25, 0.3) is 0 Å². The molecule has 0 radical (unpaired) electrons. The maximum absolute atomic E-state index is 2.76. The van der Waals surface area contributed by atoms with Gasteiger partial charge in [-0.25, -0.2) is 0 Å². The van der Waals surface area contributed by atoms with Crippen LogP contribution in [0.1, 0.15) is 27.7 Å². The van der Waals surface area contributed by atoms with E-state index in [9.17, 15) is 0 Å². The highest BCUT2D eigenvalue weighted by molar-refractivity contribution is 7.38. The largest absolute Gasteiger partial charge is 0.325 e. The van der Waals surface area contributed by atoms with Crippen LogP contribution in [-0.4, -0.2) is 50.8 Å². The maximum Gasteiger partial charge on any atom is 0.129 e. The van der Waals surface area contributed by atoms with Crippen molar-refractivity contribution in [1.29, 1.82) is 0 Å². The van der Waals surface area contributed by atoms with Crippen molar-refractivity contribution >= 4 is 15.5 Å². The van der Waals surface area contributed by atoms with Crippen LogP contribution in [0.4, 0.5) is 0 Å². The van der Waals surface area contributed by atoms with Gasteiger partial charge in [0.1, 0.15) is 15.5 Å². The van der Waals surface area contributed by atoms with Gasteiger partial charge in [-0.15, -0.1) is 0 Å². The first-order valence-corrected chi connectivity index (χ1v) is 13.7. The van der Waals surface area contributed by atoms with Gasteiger partial charge < -0.3 is 9.13 Å². The van der Waals surface area contributed by atoms with E-state index in [2.05, 4.69) is 63.0 Å². The molecule has 16 heavy (non-hydrogen) atoms. The molecule has 0 rings (SSSR count). The highest BCUT2D eigenvalue weighted by Crippen LogP contribution is 2.26. The van der Waals surface area contributed by atoms with Gasteiger partial charge in [0, 0.05) is 0 Å². The Morgan fingerprint density at radius 3 is 0.875 bits per heavy atom. The van der Waals surface area contributed by atoms with Gasteiger partial charge in [-0.1, -0.05) is 53.9 Å². The fourth-order valence-electron chi connectivity index (χ4n) is 2.80. The topological polar surface area (TPSA) is 6.48 Å². The number of nitrogens with zero attached hydrogens (tertiary/aromatic N) is 2. The number of hydrogen-bond donors (Lipinski definition) is 0. The lowest BCUT2D eigenvalue weighted by Gasteiger charge is -2.50. The number of rotatable bonds is 7. The van der Waals surface area contributed by atoms with E-state index in [1.807, 2.05) is 0 Å². The van der Waals surface area contributed by atoms with Gasteiger partial charge >= 0.3 is 0 Å². The summed E-state index contributed by atoms with van der Waals surface area (Å²) in [6.07, 6.45) is 0. The average molecular weight is 261 g/mol. The quantitative estimate of drug-likeness (QED) is 0.649. The predicted octanol–water partition coefficient (Wildman–Crippen LogP) is 3.16. The molecule has 0 saturated heterocycles. The normalized spacial score (nSPS) is 13.9. The van der Waals surface area contributed by atoms with Crippen LogP contribution in [0.15, 0.2) is 0 Å². The van der Waals surface area contributed by atoms with Crippen molar-refractivity contribution < 1.29 is 0 Å². The lowest BCUT2D eigenvalue weighted by atomic mass is 10.7. The zero-order chi connectivity index (χ0) is 13.0. The summed E-state index contributed by atoms with van der Waals surface area (Å²) in [4.78, 5) is 0. The van der Waals surface area contributed by atoms with Crippen molar-refractivity contribution in [3.05, 3.63) is 0 Å². The standard InChI is InChI=1S/C12H32N2Si2/c1-9-13(10-2)15(5,6)16(7,8)14(11-3)12-4/h9-12H2,1-8H3. The first-order valence-electron chi connectivity index (χ1n) is 6.79. The molecule has 0 N–H and O–H groups in total. The van der Waals surface area contributed by atoms with Gasteiger partial charge in [0.15, 0.2) is 0 Å². The monoisotopic (exact) mass is 260 g/mol. The van der Waals surface area contributed by atoms with Crippen LogP contribution in [0.3, 0.4) is 0 Å². The van der Waals surface area contributed by atoms with Gasteiger partial charge in [0.2, 0.25) is 0 Å². The summed E-state index contributed by atoms with van der Waals surface area (Å²) in [6.45, 7) is 24.4. The SMILES string of the molecule is CCN(CC)[Si](C)(C)[Si](C)(C)N(CC)CC. The van der Waals surface area contributed by atoms with Crippen LogP contribution >= 0.6 is 0 Å². The van der Waals surface area contributed by atoms with E-state index < -0.39 is 15.5 Å². The molecule has 0 bridgehead atoms. The molecule has 0 aliphatic carbocycles. The second kappa shape index (κ2) is 6.33. The van der Waals surface area contributed by atoms with Crippen molar-refractivity contribution in [2.45, 2.75) is 53.9 Å². The predicted molar refractivity (Wildman–Crippen MR) is 80.8 cm³/mol. The Labute approximate surface area is 105 Å². The summed E-state index contributed by atoms with van der Waals surface area (Å²) in [5.41, 5.74) is 0. The van der Waals surface area contributed by atoms with E-state index in [-0.39, 0.29) is 0 Å². The molecular weight excluding hydrogens is 228 g/mol. The molecule has 2 nitrogen and oxygen atoms in total. The third kappa shape index (κ3) is 2.97. The van der Waals surface area contributed by atoms with Gasteiger partial charge in [0.25, 0.3) is 0 Å². The zero-order valence-electron chi connectivity index (χ0n) is 12.7. The van der Waals surface area contributed by atoms with Crippen LogP contribution in [0.2, 0.25) is 26.2 Å². The van der Waals surface area contributed by atoms with Gasteiger partial charge in [-0.2, -0.15) is 0 Å². The third-order valence-electron chi connectivity index (χ3n) is 4.61. The minimum absolute atomic E-state index is 1.22. The van der Waals surface area contributed by atoms with Crippen LogP contribution < -0.4 is 0 Å². The Balaban J connectivity index is 5.08. The molecule has 0 atom stereocenters. The minimum Gasteiger partial charge on any atom is -0.325 e. The average Bonchev–Trinajstić information content (AvgIpc) is 2.20. The second-order valence-electron chi connectivity index (χ2n) is 5.46. The van der Waals surface area contributed by atoms with Crippen molar-refractivity contribution in [1.82, 2.24) is 9.13 Å². The fourth-order valence-corrected chi connectivity index (χ4v) is 14.1. The molecular formula is C12H32N2Si2. The highest BCUT2D eigenvalue weighted by atomic mass is 29.3. The minimum atomic E-state index is -1.27. The van der Waals surface area contributed by atoms with Crippen molar-refractivity contribution in [2.24, 2.45) is 0 Å². The van der Waals surface area contributed by atoms with E-state index in [4.69, 9.17) is 0 Å². The van der Waals surface area contributed by atoms with Gasteiger partial charge in [-0.05, 0) is 26.2 Å². The summed E-state index contributed by atoms with van der Waals surface area (Å²) in [5, 5.41) is 0. The molecule has 4 heteroatoms. The van der Waals surface area contributed by atoms with E-state index >= 15 is 0 Å². The molecule has 0 aliphatic rings. The molecule has 0 unspecified atom stereocenters. The Bertz CT molecular complexity index is 175. The van der Waals surface area contributed by atoms with E-state index in [1.165, 1.54) is 26.2 Å². The zero-order valence-corrected chi connectivity index (χ0v) is 14.7. The molecule has 0 amide bonds. The van der Waals surface area contributed by atoms with Crippen LogP contribution in [0.5, 0.6) is 0 Å². The molecule has 0 saturated carbocycles. The summed E-state index contributed by atoms with van der Waals surface area (Å²) in [7, 11) is -2.53. The lowest BCUT2D eigenvalue weighted by molar-refractivity contribution is 0.448. The summed E-state index contributed by atoms with van der Waals surface area (Å²) >= 11 is 0. The first-order chi connectivity index (χ1) is 7.29. The summed E-state index contributed by atoms with van der Waals surface area (Å²) in [6, 6.07) is 0. The highest BCUT2D eigenvalue weighted by Gasteiger charge is 2.47. The molecule has 0 aromatic heterocycles. The fraction of sp³-hybridized carbons (Fsp3) is 1.00. The van der Waals surface area contributed by atoms with Crippen LogP contribution in [0, 0.1) is 0 Å². The van der Waals surface area contributed by atoms with E-state index in [0.717, 1.165) is 0 Å². The summed E-state index contributed by atoms with van der Waals surface area (Å²) < 4.78 is 5.52. The van der Waals surface area contributed by atoms with Crippen LogP contribution in [-0.2, 0) is 0 Å². The molecule has 0 aromatic rings. The molecule has 0 aliphatic heterocycles. The van der Waals surface area contributed by atoms with Crippen molar-refractivity contribution in [2.75, 3.05) is 26.2 Å². The molecule has 0 spiro atoms. The van der Waals surface area contributed by atoms with Gasteiger partial charge in [0.05, 0.1) is 0 Å². The lowest BCUT2D eigenvalue weighted by Crippen LogP contribution is -2.73. The third-order valence-corrected chi connectivity index (χ3v) is 22.9. The molecule has 0 fully saturated rings. The number of hydrogen-bond acceptors (Lipinski definition) is 2. The van der Waals surface area contributed by atoms with E-state index in [0.29, 0.717) is 0 Å². The Morgan fingerprint density at radius 1 is 0.562 bits per heavy atom. The smallest absolute Gasteiger partial charge is 0.129 e. The van der Waals surface area contributed by atoms with Crippen molar-refractivity contribution in [3.8, 4) is 0 Å². The molecule has 98 valence electrons. The second-order valence-corrected chi connectivity index (χ2v) is 20.3. The first kappa shape index (κ1) is 16.4. The molecule has 0 heterocycles. The Kier molecular flexibility index (Phi) is 6.47. The van der Waals surface area contributed by atoms with Crippen molar-refractivity contribution in [3.63, 3.8) is 0 Å². The van der Waals surface area contributed by atoms with E-state index in [1.54, 1.807) is 0 Å².